The summed E-state index contributed by atoms with van der Waals surface area (Å²) in [5.74, 6) is 0. The highest BCUT2D eigenvalue weighted by Gasteiger charge is 2.43. The molecule has 0 aliphatic carbocycles. The average Bonchev–Trinajstić information content (AvgIpc) is 3.19. The zero-order valence-electron chi connectivity index (χ0n) is 11.2. The van der Waals surface area contributed by atoms with E-state index in [1.165, 1.54) is 6.33 Å². The highest BCUT2D eigenvalue weighted by molar-refractivity contribution is 7.71. The van der Waals surface area contributed by atoms with E-state index in [0.717, 1.165) is 0 Å². The summed E-state index contributed by atoms with van der Waals surface area (Å²) in [6, 6.07) is 0. The Morgan fingerprint density at radius 2 is 2.14 bits per heavy atom. The van der Waals surface area contributed by atoms with Crippen LogP contribution in [0.5, 0.6) is 0 Å². The van der Waals surface area contributed by atoms with Crippen LogP contribution < -0.4 is 0 Å². The minimum atomic E-state index is -1.19. The molecule has 9 nitrogen and oxygen atoms in total. The first kappa shape index (κ1) is 13.8. The van der Waals surface area contributed by atoms with Gasteiger partial charge in [0, 0.05) is 12.4 Å². The molecule has 0 unspecified atom stereocenters. The van der Waals surface area contributed by atoms with E-state index in [1.807, 2.05) is 0 Å². The van der Waals surface area contributed by atoms with Crippen molar-refractivity contribution in [1.29, 1.82) is 0 Å². The van der Waals surface area contributed by atoms with Crippen LogP contribution in [0, 0.1) is 4.77 Å². The van der Waals surface area contributed by atoms with Crippen LogP contribution in [-0.2, 0) is 4.74 Å². The van der Waals surface area contributed by atoms with Crippen molar-refractivity contribution < 1.29 is 20.1 Å². The molecule has 10 heteroatoms. The third-order valence-electron chi connectivity index (χ3n) is 3.88. The summed E-state index contributed by atoms with van der Waals surface area (Å²) in [4.78, 5) is 11.5. The van der Waals surface area contributed by atoms with Crippen molar-refractivity contribution >= 4 is 29.0 Å². The van der Waals surface area contributed by atoms with E-state index in [-0.39, 0.29) is 6.61 Å². The smallest absolute Gasteiger partial charge is 0.184 e. The highest BCUT2D eigenvalue weighted by Crippen LogP contribution is 2.31. The number of aliphatic hydroxyl groups is 3. The molecule has 4 N–H and O–H groups in total. The van der Waals surface area contributed by atoms with Gasteiger partial charge in [-0.2, -0.15) is 0 Å². The van der Waals surface area contributed by atoms with E-state index < -0.39 is 24.5 Å². The van der Waals surface area contributed by atoms with Gasteiger partial charge in [0.05, 0.1) is 12.9 Å². The number of aromatic amines is 1. The number of hydrogen-bond acceptors (Lipinski definition) is 7. The van der Waals surface area contributed by atoms with Crippen molar-refractivity contribution in [2.75, 3.05) is 6.61 Å². The molecule has 3 aromatic heterocycles. The maximum atomic E-state index is 10.1. The average molecular weight is 323 g/mol. The van der Waals surface area contributed by atoms with Gasteiger partial charge in [0.1, 0.15) is 29.5 Å². The van der Waals surface area contributed by atoms with E-state index in [9.17, 15) is 15.3 Å². The first-order chi connectivity index (χ1) is 10.6. The number of ether oxygens (including phenoxy) is 1. The van der Waals surface area contributed by atoms with E-state index in [0.29, 0.717) is 21.6 Å². The van der Waals surface area contributed by atoms with Crippen LogP contribution in [0.4, 0.5) is 0 Å². The number of aliphatic hydroxyl groups excluding tert-OH is 3. The molecule has 0 aromatic carbocycles. The summed E-state index contributed by atoms with van der Waals surface area (Å²) in [5, 5.41) is 29.2. The van der Waals surface area contributed by atoms with Gasteiger partial charge in [-0.3, -0.25) is 8.97 Å². The Morgan fingerprint density at radius 3 is 2.86 bits per heavy atom. The fourth-order valence-electron chi connectivity index (χ4n) is 2.76. The van der Waals surface area contributed by atoms with E-state index in [2.05, 4.69) is 15.0 Å². The van der Waals surface area contributed by atoms with Crippen molar-refractivity contribution in [3.63, 3.8) is 0 Å². The lowest BCUT2D eigenvalue weighted by Gasteiger charge is -2.16. The first-order valence-corrected chi connectivity index (χ1v) is 7.07. The minimum absolute atomic E-state index is 0.387. The second kappa shape index (κ2) is 4.83. The zero-order valence-corrected chi connectivity index (χ0v) is 12.0. The monoisotopic (exact) mass is 323 g/mol. The van der Waals surface area contributed by atoms with Gasteiger partial charge >= 0.3 is 0 Å². The molecular weight excluding hydrogens is 310 g/mol. The van der Waals surface area contributed by atoms with Crippen LogP contribution in [0.2, 0.25) is 0 Å². The number of nitrogens with one attached hydrogen (secondary N) is 1. The molecule has 22 heavy (non-hydrogen) atoms. The fraction of sp³-hybridized carbons (Fsp3) is 0.417. The summed E-state index contributed by atoms with van der Waals surface area (Å²) >= 11 is 5.27. The zero-order chi connectivity index (χ0) is 15.4. The molecular formula is C12H13N5O4S. The number of hydrogen-bond donors (Lipinski definition) is 4. The summed E-state index contributed by atoms with van der Waals surface area (Å²) < 4.78 is 9.17. The van der Waals surface area contributed by atoms with Crippen molar-refractivity contribution in [3.05, 3.63) is 23.5 Å². The SMILES string of the molecule is OC[C@H]1O[C@@H](n2cnc3c2[nH]c(=S)n2ccnc32)[C@H](O)[C@@H]1O. The lowest BCUT2D eigenvalue weighted by Crippen LogP contribution is -2.33. The molecule has 1 aliphatic heterocycles. The van der Waals surface area contributed by atoms with Gasteiger partial charge in [-0.25, -0.2) is 9.97 Å². The number of H-pyrrole nitrogens is 1. The quantitative estimate of drug-likeness (QED) is 0.463. The van der Waals surface area contributed by atoms with Gasteiger partial charge in [0.25, 0.3) is 0 Å². The number of rotatable bonds is 2. The largest absolute Gasteiger partial charge is 0.394 e. The molecule has 4 atom stereocenters. The Morgan fingerprint density at radius 1 is 1.32 bits per heavy atom. The molecule has 4 heterocycles. The highest BCUT2D eigenvalue weighted by atomic mass is 32.1. The van der Waals surface area contributed by atoms with Gasteiger partial charge in [-0.15, -0.1) is 0 Å². The third-order valence-corrected chi connectivity index (χ3v) is 4.18. The van der Waals surface area contributed by atoms with Gasteiger partial charge < -0.3 is 25.0 Å². The topological polar surface area (TPSA) is 121 Å². The summed E-state index contributed by atoms with van der Waals surface area (Å²) in [6.07, 6.45) is 0.724. The number of imidazole rings is 2. The third kappa shape index (κ3) is 1.76. The fourth-order valence-corrected chi connectivity index (χ4v) is 3.00. The summed E-state index contributed by atoms with van der Waals surface area (Å²) in [6.45, 7) is -0.387. The molecule has 0 amide bonds. The Bertz CT molecular complexity index is 902. The van der Waals surface area contributed by atoms with Crippen LogP contribution in [-0.4, -0.2) is 64.2 Å². The maximum absolute atomic E-state index is 10.1. The van der Waals surface area contributed by atoms with E-state index >= 15 is 0 Å². The molecule has 0 radical (unpaired) electrons. The van der Waals surface area contributed by atoms with Crippen molar-refractivity contribution in [2.24, 2.45) is 0 Å². The van der Waals surface area contributed by atoms with Gasteiger partial charge in [0.15, 0.2) is 16.6 Å². The predicted octanol–water partition coefficient (Wildman–Crippen LogP) is -0.647. The van der Waals surface area contributed by atoms with Gasteiger partial charge in [-0.05, 0) is 12.2 Å². The molecule has 1 saturated heterocycles. The molecule has 1 fully saturated rings. The molecule has 0 bridgehead atoms. The van der Waals surface area contributed by atoms with Crippen LogP contribution in [0.3, 0.4) is 0 Å². The Hall–Kier alpha value is -1.85. The normalized spacial score (nSPS) is 28.9. The van der Waals surface area contributed by atoms with Crippen LogP contribution >= 0.6 is 12.2 Å². The molecule has 0 spiro atoms. The maximum Gasteiger partial charge on any atom is 0.184 e. The van der Waals surface area contributed by atoms with Crippen molar-refractivity contribution in [1.82, 2.24) is 23.9 Å². The molecule has 116 valence electrons. The van der Waals surface area contributed by atoms with E-state index in [1.54, 1.807) is 21.4 Å². The predicted molar refractivity (Wildman–Crippen MR) is 76.7 cm³/mol. The second-order valence-corrected chi connectivity index (χ2v) is 5.52. The second-order valence-electron chi connectivity index (χ2n) is 5.13. The van der Waals surface area contributed by atoms with Crippen LogP contribution in [0.1, 0.15) is 6.23 Å². The Balaban J connectivity index is 1.90. The van der Waals surface area contributed by atoms with Crippen molar-refractivity contribution in [3.8, 4) is 0 Å². The number of aromatic nitrogens is 5. The summed E-state index contributed by atoms with van der Waals surface area (Å²) in [5.41, 5.74) is 1.68. The molecule has 4 rings (SSSR count). The molecule has 1 aliphatic rings. The minimum Gasteiger partial charge on any atom is -0.394 e. The lowest BCUT2D eigenvalue weighted by molar-refractivity contribution is -0.0511. The van der Waals surface area contributed by atoms with Crippen LogP contribution in [0.15, 0.2) is 18.7 Å². The molecule has 3 aromatic rings. The number of nitrogens with zero attached hydrogens (tertiary/aromatic N) is 4. The standard InChI is InChI=1S/C12H13N5O4S/c18-3-5-7(19)8(20)11(21-5)17-4-14-6-9-13-1-2-16(9)12(22)15-10(6)17/h1-2,4-5,7-8,11,18-20H,3H2,(H,15,22)/t5-,7-,8-,11-/m1/s1. The van der Waals surface area contributed by atoms with E-state index in [4.69, 9.17) is 17.0 Å². The summed E-state index contributed by atoms with van der Waals surface area (Å²) in [7, 11) is 0. The molecule has 0 saturated carbocycles. The van der Waals surface area contributed by atoms with Crippen LogP contribution in [0.25, 0.3) is 16.8 Å². The van der Waals surface area contributed by atoms with Crippen molar-refractivity contribution in [2.45, 2.75) is 24.5 Å². The Labute approximate surface area is 128 Å². The number of fused-ring (bicyclic) bond motifs is 3. The first-order valence-electron chi connectivity index (χ1n) is 6.66. The lowest BCUT2D eigenvalue weighted by atomic mass is 10.1. The van der Waals surface area contributed by atoms with Gasteiger partial charge in [-0.1, -0.05) is 0 Å². The Kier molecular flexibility index (Phi) is 3.03. The van der Waals surface area contributed by atoms with Gasteiger partial charge in [0.2, 0.25) is 0 Å².